The van der Waals surface area contributed by atoms with Crippen LogP contribution < -0.4 is 16.4 Å². The summed E-state index contributed by atoms with van der Waals surface area (Å²) in [5, 5.41) is 45.3. The molecule has 1 amide bonds. The molecule has 0 heterocycles. The predicted octanol–water partition coefficient (Wildman–Crippen LogP) is 1.30. The lowest BCUT2D eigenvalue weighted by atomic mass is 9.57. The maximum atomic E-state index is 14.0. The number of hydrogen-bond acceptors (Lipinski definition) is 12. The van der Waals surface area contributed by atoms with Crippen LogP contribution >= 0.6 is 0 Å². The largest absolute Gasteiger partial charge is 0.508 e. The summed E-state index contributed by atoms with van der Waals surface area (Å²) in [6.45, 7) is 6.96. The second kappa shape index (κ2) is 13.0. The maximum absolute atomic E-state index is 14.0. The number of phenolic OH excluding ortho intramolecular Hbond substituents is 1. The molecule has 0 aliphatic heterocycles. The first-order chi connectivity index (χ1) is 20.7. The summed E-state index contributed by atoms with van der Waals surface area (Å²) < 4.78 is 31.6. The number of anilines is 2. The molecule has 3 aliphatic rings. The number of nitrogens with two attached hydrogens (primary N) is 2. The van der Waals surface area contributed by atoms with E-state index in [-0.39, 0.29) is 41.5 Å². The lowest BCUT2D eigenvalue weighted by Gasteiger charge is -2.50. The molecule has 1 fully saturated rings. The van der Waals surface area contributed by atoms with Crippen LogP contribution in [0.1, 0.15) is 57.6 Å². The van der Waals surface area contributed by atoms with Gasteiger partial charge in [0.05, 0.1) is 17.3 Å². The molecule has 3 unspecified atom stereocenters. The van der Waals surface area contributed by atoms with Gasteiger partial charge in [0, 0.05) is 29.8 Å². The third kappa shape index (κ3) is 6.37. The molecule has 0 aromatic heterocycles. The van der Waals surface area contributed by atoms with Crippen LogP contribution in [-0.2, 0) is 31.2 Å². The number of Topliss-reactive ketones (excluding diaryl/α,β-unsaturated/α-hetero) is 2. The molecular weight excluding hydrogens is 612 g/mol. The quantitative estimate of drug-likeness (QED) is 0.0850. The van der Waals surface area contributed by atoms with Gasteiger partial charge in [-0.3, -0.25) is 28.4 Å². The number of amides is 1. The van der Waals surface area contributed by atoms with Crippen molar-refractivity contribution < 1.29 is 52.3 Å². The van der Waals surface area contributed by atoms with Crippen molar-refractivity contribution in [1.82, 2.24) is 4.90 Å². The van der Waals surface area contributed by atoms with Crippen LogP contribution in [0.3, 0.4) is 0 Å². The number of fused-ring (bicyclic) bond motifs is 3. The van der Waals surface area contributed by atoms with Gasteiger partial charge in [-0.1, -0.05) is 20.3 Å². The van der Waals surface area contributed by atoms with Crippen molar-refractivity contribution in [2.75, 3.05) is 31.3 Å². The van der Waals surface area contributed by atoms with Crippen LogP contribution in [0.25, 0.3) is 5.76 Å². The highest BCUT2D eigenvalue weighted by Crippen LogP contribution is 2.54. The fourth-order valence-electron chi connectivity index (χ4n) is 6.70. The van der Waals surface area contributed by atoms with Gasteiger partial charge in [0.15, 0.2) is 11.4 Å². The standard InChI is InChI=1S/C29H40N4O7.H2O4S/c1-6-8-9-33(13(3)7-2)18-12-17(30)23(34)20-15(18)10-14-11-16-22(32(4)5)25(36)21(28(31)39)27(38)29(16,40)26(37)19(14)24(20)35;1-5(2,3)4/h12-14,16,22,34-35,38,40H,6-11,30H2,1-5H3,(H2,31,39);(H2,1,2,3,4)/t13?,14?,16?,22-,29-;/m0./s1. The zero-order valence-corrected chi connectivity index (χ0v) is 26.6. The average molecular weight is 655 g/mol. The third-order valence-corrected chi connectivity index (χ3v) is 8.91. The van der Waals surface area contributed by atoms with E-state index < -0.39 is 68.4 Å². The molecule has 3 aliphatic carbocycles. The minimum absolute atomic E-state index is 0.0103. The van der Waals surface area contributed by atoms with E-state index >= 15 is 0 Å². The smallest absolute Gasteiger partial charge is 0.394 e. The van der Waals surface area contributed by atoms with Crippen molar-refractivity contribution in [3.8, 4) is 5.75 Å². The number of ketones is 2. The van der Waals surface area contributed by atoms with E-state index in [2.05, 4.69) is 25.7 Å². The van der Waals surface area contributed by atoms with Crippen LogP contribution in [-0.4, -0.2) is 98.6 Å². The first-order valence-corrected chi connectivity index (χ1v) is 15.9. The molecule has 10 N–H and O–H groups in total. The number of aliphatic hydroxyl groups excluding tert-OH is 2. The predicted molar refractivity (Wildman–Crippen MR) is 165 cm³/mol. The molecular formula is C29H42N4O11S. The number of carbonyl (C=O) groups is 3. The normalized spacial score (nSPS) is 25.2. The van der Waals surface area contributed by atoms with Gasteiger partial charge in [0.1, 0.15) is 22.8 Å². The Labute approximate surface area is 261 Å². The van der Waals surface area contributed by atoms with Crippen LogP contribution in [0.15, 0.2) is 23.0 Å². The fourth-order valence-corrected chi connectivity index (χ4v) is 6.70. The number of phenols is 1. The van der Waals surface area contributed by atoms with Crippen molar-refractivity contribution >= 4 is 45.0 Å². The van der Waals surface area contributed by atoms with E-state index in [1.54, 1.807) is 20.2 Å². The second-order valence-corrected chi connectivity index (χ2v) is 12.8. The Balaban J connectivity index is 0.00000102. The van der Waals surface area contributed by atoms with E-state index in [4.69, 9.17) is 29.0 Å². The summed E-state index contributed by atoms with van der Waals surface area (Å²) in [5.74, 6) is -6.88. The molecule has 16 heteroatoms. The van der Waals surface area contributed by atoms with Gasteiger partial charge in [0.25, 0.3) is 5.91 Å². The molecule has 1 aromatic carbocycles. The summed E-state index contributed by atoms with van der Waals surface area (Å²) in [4.78, 5) is 43.1. The van der Waals surface area contributed by atoms with Gasteiger partial charge in [-0.05, 0) is 64.3 Å². The lowest BCUT2D eigenvalue weighted by molar-refractivity contribution is -0.153. The highest BCUT2D eigenvalue weighted by molar-refractivity contribution is 7.79. The molecule has 45 heavy (non-hydrogen) atoms. The lowest BCUT2D eigenvalue weighted by Crippen LogP contribution is -2.65. The number of aliphatic hydroxyl groups is 3. The molecule has 4 rings (SSSR count). The number of nitrogens with zero attached hydrogens (tertiary/aromatic N) is 2. The molecule has 0 bridgehead atoms. The summed E-state index contributed by atoms with van der Waals surface area (Å²) in [6, 6.07) is 0.682. The molecule has 0 saturated heterocycles. The number of nitrogen functional groups attached to an aromatic ring is 1. The Morgan fingerprint density at radius 1 is 1.16 bits per heavy atom. The molecule has 0 radical (unpaired) electrons. The number of primary amides is 1. The SMILES string of the molecule is CCCCN(c1cc(N)c(O)c2c1CC1CC3[C@H](N(C)C)C(=O)C(C(N)=O)=C(O)[C@@]3(O)C(=O)C1=C2O)C(C)CC.O=S(=O)(O)O. The molecule has 1 aromatic rings. The van der Waals surface area contributed by atoms with Crippen LogP contribution in [0, 0.1) is 11.8 Å². The third-order valence-electron chi connectivity index (χ3n) is 8.91. The van der Waals surface area contributed by atoms with Gasteiger partial charge < -0.3 is 36.8 Å². The zero-order chi connectivity index (χ0) is 34.3. The van der Waals surface area contributed by atoms with E-state index in [1.807, 2.05) is 0 Å². The topological polar surface area (TPSA) is 265 Å². The minimum Gasteiger partial charge on any atom is -0.508 e. The van der Waals surface area contributed by atoms with Crippen LogP contribution in [0.2, 0.25) is 0 Å². The van der Waals surface area contributed by atoms with Gasteiger partial charge in [-0.2, -0.15) is 8.42 Å². The number of hydrogen-bond donors (Lipinski definition) is 8. The molecule has 15 nitrogen and oxygen atoms in total. The summed E-state index contributed by atoms with van der Waals surface area (Å²) in [6.07, 6.45) is 2.96. The second-order valence-electron chi connectivity index (χ2n) is 11.9. The maximum Gasteiger partial charge on any atom is 0.394 e. The highest BCUT2D eigenvalue weighted by Gasteiger charge is 2.64. The molecule has 1 saturated carbocycles. The van der Waals surface area contributed by atoms with Crippen molar-refractivity contribution in [3.05, 3.63) is 34.1 Å². The number of rotatable bonds is 8. The van der Waals surface area contributed by atoms with Crippen LogP contribution in [0.5, 0.6) is 5.75 Å². The van der Waals surface area contributed by atoms with E-state index in [0.29, 0.717) is 5.56 Å². The Morgan fingerprint density at radius 3 is 2.22 bits per heavy atom. The van der Waals surface area contributed by atoms with E-state index in [0.717, 1.165) is 31.5 Å². The highest BCUT2D eigenvalue weighted by atomic mass is 32.3. The summed E-state index contributed by atoms with van der Waals surface area (Å²) in [5.41, 5.74) is 9.28. The van der Waals surface area contributed by atoms with Crippen LogP contribution in [0.4, 0.5) is 11.4 Å². The van der Waals surface area contributed by atoms with E-state index in [1.165, 1.54) is 4.90 Å². The zero-order valence-electron chi connectivity index (χ0n) is 25.8. The van der Waals surface area contributed by atoms with Crippen molar-refractivity contribution in [3.63, 3.8) is 0 Å². The Hall–Kier alpha value is -3.70. The Morgan fingerprint density at radius 2 is 1.73 bits per heavy atom. The molecule has 5 atom stereocenters. The number of benzene rings is 1. The fraction of sp³-hybridized carbons (Fsp3) is 0.552. The van der Waals surface area contributed by atoms with Crippen molar-refractivity contribution in [1.29, 1.82) is 0 Å². The minimum atomic E-state index is -4.67. The summed E-state index contributed by atoms with van der Waals surface area (Å²) >= 11 is 0. The Kier molecular flexibility index (Phi) is 10.3. The van der Waals surface area contributed by atoms with Gasteiger partial charge in [-0.15, -0.1) is 0 Å². The number of likely N-dealkylation sites (N-methyl/N-ethyl adjacent to an activating group) is 1. The van der Waals surface area contributed by atoms with E-state index in [9.17, 15) is 34.8 Å². The van der Waals surface area contributed by atoms with Gasteiger partial charge in [-0.25, -0.2) is 0 Å². The van der Waals surface area contributed by atoms with Gasteiger partial charge >= 0.3 is 10.4 Å². The monoisotopic (exact) mass is 654 g/mol. The van der Waals surface area contributed by atoms with Crippen molar-refractivity contribution in [2.24, 2.45) is 17.6 Å². The van der Waals surface area contributed by atoms with Gasteiger partial charge in [0.2, 0.25) is 5.78 Å². The first kappa shape index (κ1) is 35.8. The number of carbonyl (C=O) groups excluding carboxylic acids is 3. The van der Waals surface area contributed by atoms with Crippen molar-refractivity contribution in [2.45, 2.75) is 70.6 Å². The number of aromatic hydroxyl groups is 1. The average Bonchev–Trinajstić information content (AvgIpc) is 2.91. The molecule has 0 spiro atoms. The summed E-state index contributed by atoms with van der Waals surface area (Å²) in [7, 11) is -1.52. The number of unbranched alkanes of at least 4 members (excludes halogenated alkanes) is 1. The first-order valence-electron chi connectivity index (χ1n) is 14.5. The Bertz CT molecular complexity index is 1560. The molecule has 250 valence electrons.